The quantitative estimate of drug-likeness (QED) is 0.781. The molecule has 1 aromatic heterocycles. The minimum absolute atomic E-state index is 0.347. The minimum Gasteiger partial charge on any atom is -0.350 e. The maximum atomic E-state index is 11.8. The van der Waals surface area contributed by atoms with Gasteiger partial charge in [0.25, 0.3) is 0 Å². The van der Waals surface area contributed by atoms with E-state index in [0.29, 0.717) is 11.2 Å². The molecule has 3 rings (SSSR count). The van der Waals surface area contributed by atoms with Gasteiger partial charge in [-0.25, -0.2) is 0 Å². The second-order valence-electron chi connectivity index (χ2n) is 6.10. The van der Waals surface area contributed by atoms with Gasteiger partial charge < -0.3 is 4.57 Å². The summed E-state index contributed by atoms with van der Waals surface area (Å²) in [5.74, 6) is 1.10. The summed E-state index contributed by atoms with van der Waals surface area (Å²) in [6, 6.07) is 2.03. The number of nitrogens with zero attached hydrogens (tertiary/aromatic N) is 1. The van der Waals surface area contributed by atoms with E-state index in [1.165, 1.54) is 18.5 Å². The maximum absolute atomic E-state index is 11.8. The van der Waals surface area contributed by atoms with Crippen LogP contribution in [0.15, 0.2) is 12.3 Å². The zero-order chi connectivity index (χ0) is 12.0. The van der Waals surface area contributed by atoms with E-state index in [1.807, 2.05) is 6.07 Å². The third-order valence-electron chi connectivity index (χ3n) is 4.80. The molecule has 0 N–H and O–H groups in total. The van der Waals surface area contributed by atoms with Gasteiger partial charge in [0, 0.05) is 30.4 Å². The Hall–Kier alpha value is -1.05. The Kier molecular flexibility index (Phi) is 2.42. The van der Waals surface area contributed by atoms with E-state index in [2.05, 4.69) is 24.6 Å². The lowest BCUT2D eigenvalue weighted by Gasteiger charge is -2.23. The monoisotopic (exact) mass is 231 g/mol. The van der Waals surface area contributed by atoms with Gasteiger partial charge in [-0.15, -0.1) is 0 Å². The van der Waals surface area contributed by atoms with E-state index in [0.717, 1.165) is 37.3 Å². The Morgan fingerprint density at radius 3 is 2.76 bits per heavy atom. The fraction of sp³-hybridized carbons (Fsp3) is 0.667. The number of hydrogen-bond donors (Lipinski definition) is 0. The van der Waals surface area contributed by atoms with Crippen LogP contribution in [0.4, 0.5) is 0 Å². The minimum atomic E-state index is 0.347. The smallest absolute Gasteiger partial charge is 0.164 e. The highest BCUT2D eigenvalue weighted by atomic mass is 16.1. The number of carbonyl (C=O) groups excluding carboxylic acids is 1. The van der Waals surface area contributed by atoms with Crippen LogP contribution in [0.3, 0.4) is 0 Å². The fourth-order valence-electron chi connectivity index (χ4n) is 3.15. The molecule has 1 heterocycles. The van der Waals surface area contributed by atoms with Crippen molar-refractivity contribution in [2.24, 2.45) is 11.3 Å². The second kappa shape index (κ2) is 3.72. The molecule has 0 atom stereocenters. The highest BCUT2D eigenvalue weighted by Crippen LogP contribution is 2.53. The number of fused-ring (bicyclic) bond motifs is 1. The Morgan fingerprint density at radius 2 is 2.12 bits per heavy atom. The van der Waals surface area contributed by atoms with Gasteiger partial charge in [0.1, 0.15) is 0 Å². The fourth-order valence-corrected chi connectivity index (χ4v) is 3.15. The standard InChI is InChI=1S/C15H21NO/c1-11(2)15(7-8-15)10-16-9-6-12-13(16)4-3-5-14(12)17/h6,9,11H,3-5,7-8,10H2,1-2H3. The number of carbonyl (C=O) groups is 1. The van der Waals surface area contributed by atoms with Crippen LogP contribution in [-0.2, 0) is 13.0 Å². The predicted octanol–water partition coefficient (Wildman–Crippen LogP) is 3.44. The van der Waals surface area contributed by atoms with Gasteiger partial charge in [-0.1, -0.05) is 13.8 Å². The van der Waals surface area contributed by atoms with Crippen molar-refractivity contribution in [1.82, 2.24) is 4.57 Å². The Balaban J connectivity index is 1.88. The molecule has 0 unspecified atom stereocenters. The molecule has 17 heavy (non-hydrogen) atoms. The molecule has 2 aliphatic carbocycles. The van der Waals surface area contributed by atoms with Crippen LogP contribution >= 0.6 is 0 Å². The van der Waals surface area contributed by atoms with E-state index in [-0.39, 0.29) is 0 Å². The molecule has 0 amide bonds. The van der Waals surface area contributed by atoms with Gasteiger partial charge in [-0.2, -0.15) is 0 Å². The summed E-state index contributed by atoms with van der Waals surface area (Å²) < 4.78 is 2.36. The summed E-state index contributed by atoms with van der Waals surface area (Å²) in [4.78, 5) is 11.8. The zero-order valence-electron chi connectivity index (χ0n) is 10.8. The van der Waals surface area contributed by atoms with Crippen LogP contribution < -0.4 is 0 Å². The number of rotatable bonds is 3. The molecule has 2 aliphatic rings. The first kappa shape index (κ1) is 11.1. The first-order valence-corrected chi connectivity index (χ1v) is 6.84. The third kappa shape index (κ3) is 1.74. The number of ketones is 1. The molecule has 1 saturated carbocycles. The number of hydrogen-bond acceptors (Lipinski definition) is 1. The van der Waals surface area contributed by atoms with Crippen molar-refractivity contribution in [3.05, 3.63) is 23.5 Å². The third-order valence-corrected chi connectivity index (χ3v) is 4.80. The molecule has 0 aliphatic heterocycles. The maximum Gasteiger partial charge on any atom is 0.164 e. The second-order valence-corrected chi connectivity index (χ2v) is 6.10. The molecule has 1 aromatic rings. The summed E-state index contributed by atoms with van der Waals surface area (Å²) >= 11 is 0. The van der Waals surface area contributed by atoms with Crippen LogP contribution in [0, 0.1) is 11.3 Å². The van der Waals surface area contributed by atoms with Gasteiger partial charge in [-0.05, 0) is 43.1 Å². The van der Waals surface area contributed by atoms with E-state index < -0.39 is 0 Å². The first-order valence-electron chi connectivity index (χ1n) is 6.84. The van der Waals surface area contributed by atoms with E-state index in [4.69, 9.17) is 0 Å². The summed E-state index contributed by atoms with van der Waals surface area (Å²) in [5, 5.41) is 0. The van der Waals surface area contributed by atoms with Crippen molar-refractivity contribution in [3.8, 4) is 0 Å². The molecular formula is C15H21NO. The van der Waals surface area contributed by atoms with Gasteiger partial charge in [0.15, 0.2) is 5.78 Å². The zero-order valence-corrected chi connectivity index (χ0v) is 10.8. The van der Waals surface area contributed by atoms with E-state index in [1.54, 1.807) is 0 Å². The molecule has 0 spiro atoms. The van der Waals surface area contributed by atoms with Crippen molar-refractivity contribution in [3.63, 3.8) is 0 Å². The van der Waals surface area contributed by atoms with Crippen molar-refractivity contribution < 1.29 is 4.79 Å². The predicted molar refractivity (Wildman–Crippen MR) is 68.2 cm³/mol. The van der Waals surface area contributed by atoms with Gasteiger partial charge in [0.2, 0.25) is 0 Å². The topological polar surface area (TPSA) is 22.0 Å². The average molecular weight is 231 g/mol. The summed E-state index contributed by atoms with van der Waals surface area (Å²) in [5.41, 5.74) is 2.82. The highest BCUT2D eigenvalue weighted by molar-refractivity contribution is 5.98. The van der Waals surface area contributed by atoms with Crippen LogP contribution in [0.25, 0.3) is 0 Å². The normalized spacial score (nSPS) is 21.7. The average Bonchev–Trinajstić information content (AvgIpc) is 2.96. The van der Waals surface area contributed by atoms with Crippen LogP contribution in [0.1, 0.15) is 55.6 Å². The lowest BCUT2D eigenvalue weighted by Crippen LogP contribution is -2.20. The largest absolute Gasteiger partial charge is 0.350 e. The molecule has 0 saturated heterocycles. The number of aromatic nitrogens is 1. The molecule has 92 valence electrons. The Morgan fingerprint density at radius 1 is 1.35 bits per heavy atom. The lowest BCUT2D eigenvalue weighted by molar-refractivity contribution is 0.0971. The highest BCUT2D eigenvalue weighted by Gasteiger charge is 2.45. The van der Waals surface area contributed by atoms with Crippen LogP contribution in [0.2, 0.25) is 0 Å². The molecule has 0 radical (unpaired) electrons. The van der Waals surface area contributed by atoms with Gasteiger partial charge >= 0.3 is 0 Å². The molecular weight excluding hydrogens is 210 g/mol. The van der Waals surface area contributed by atoms with Gasteiger partial charge in [0.05, 0.1) is 0 Å². The van der Waals surface area contributed by atoms with Crippen molar-refractivity contribution in [2.45, 2.75) is 52.5 Å². The molecule has 1 fully saturated rings. The molecule has 0 bridgehead atoms. The molecule has 2 heteroatoms. The Labute approximate surface area is 103 Å². The van der Waals surface area contributed by atoms with E-state index >= 15 is 0 Å². The Bertz CT molecular complexity index is 451. The van der Waals surface area contributed by atoms with E-state index in [9.17, 15) is 4.79 Å². The summed E-state index contributed by atoms with van der Waals surface area (Å²) in [6.07, 6.45) is 7.70. The lowest BCUT2D eigenvalue weighted by atomic mass is 9.91. The summed E-state index contributed by atoms with van der Waals surface area (Å²) in [7, 11) is 0. The van der Waals surface area contributed by atoms with Crippen molar-refractivity contribution in [1.29, 1.82) is 0 Å². The van der Waals surface area contributed by atoms with Crippen LogP contribution in [-0.4, -0.2) is 10.4 Å². The number of Topliss-reactive ketones (excluding diaryl/α,β-unsaturated/α-hetero) is 1. The molecule has 2 nitrogen and oxygen atoms in total. The summed E-state index contributed by atoms with van der Waals surface area (Å²) in [6.45, 7) is 5.77. The van der Waals surface area contributed by atoms with Gasteiger partial charge in [-0.3, -0.25) is 4.79 Å². The first-order chi connectivity index (χ1) is 8.12. The van der Waals surface area contributed by atoms with Crippen molar-refractivity contribution >= 4 is 5.78 Å². The molecule has 0 aromatic carbocycles. The van der Waals surface area contributed by atoms with Crippen molar-refractivity contribution in [2.75, 3.05) is 0 Å². The SMILES string of the molecule is CC(C)C1(Cn2ccc3c2CCCC3=O)CC1. The van der Waals surface area contributed by atoms with Crippen LogP contribution in [0.5, 0.6) is 0 Å².